The van der Waals surface area contributed by atoms with Crippen LogP contribution >= 0.6 is 23.1 Å². The second kappa shape index (κ2) is 9.53. The van der Waals surface area contributed by atoms with Gasteiger partial charge in [0.1, 0.15) is 4.83 Å². The third-order valence-electron chi connectivity index (χ3n) is 4.25. The van der Waals surface area contributed by atoms with Gasteiger partial charge in [-0.25, -0.2) is 4.98 Å². The lowest BCUT2D eigenvalue weighted by molar-refractivity contribution is -0.119. The van der Waals surface area contributed by atoms with Crippen molar-refractivity contribution in [3.05, 3.63) is 20.8 Å². The molecule has 0 bridgehead atoms. The Bertz CT molecular complexity index is 816. The number of carbonyl (C=O) groups is 1. The predicted molar refractivity (Wildman–Crippen MR) is 108 cm³/mol. The number of thiophene rings is 1. The van der Waals surface area contributed by atoms with Crippen molar-refractivity contribution in [2.24, 2.45) is 5.92 Å². The van der Waals surface area contributed by atoms with Crippen LogP contribution in [0.4, 0.5) is 0 Å². The zero-order valence-electron chi connectivity index (χ0n) is 16.0. The molecule has 0 radical (unpaired) electrons. The molecule has 2 aromatic rings. The Kier molecular flexibility index (Phi) is 7.67. The first-order valence-electron chi connectivity index (χ1n) is 8.79. The third-order valence-corrected chi connectivity index (χ3v) is 6.17. The molecule has 2 aromatic heterocycles. The summed E-state index contributed by atoms with van der Waals surface area (Å²) in [6.45, 7) is 8.74. The topological polar surface area (TPSA) is 84.1 Å². The summed E-state index contributed by atoms with van der Waals surface area (Å²) in [6.07, 6.45) is 1.96. The summed E-state index contributed by atoms with van der Waals surface area (Å²) in [5.41, 5.74) is 0.990. The van der Waals surface area contributed by atoms with Crippen LogP contribution in [0.25, 0.3) is 10.2 Å². The van der Waals surface area contributed by atoms with Gasteiger partial charge in [0, 0.05) is 18.0 Å². The summed E-state index contributed by atoms with van der Waals surface area (Å²) in [5.74, 6) is 0.618. The highest BCUT2D eigenvalue weighted by Crippen LogP contribution is 2.30. The SMILES string of the molecule is CC[C@@H](C)Cc1c(C)sc2nc(SCC(=O)N[C@H](C)COC)[nH]c(=O)c12. The van der Waals surface area contributed by atoms with Crippen molar-refractivity contribution in [1.82, 2.24) is 15.3 Å². The molecule has 0 aliphatic rings. The van der Waals surface area contributed by atoms with E-state index in [0.717, 1.165) is 28.1 Å². The summed E-state index contributed by atoms with van der Waals surface area (Å²) in [7, 11) is 1.60. The number of carbonyl (C=O) groups excluding carboxylic acids is 1. The van der Waals surface area contributed by atoms with E-state index < -0.39 is 0 Å². The van der Waals surface area contributed by atoms with Crippen LogP contribution in [0.3, 0.4) is 0 Å². The van der Waals surface area contributed by atoms with Gasteiger partial charge in [0.05, 0.1) is 17.7 Å². The van der Waals surface area contributed by atoms with Gasteiger partial charge in [-0.15, -0.1) is 11.3 Å². The summed E-state index contributed by atoms with van der Waals surface area (Å²) < 4.78 is 5.00. The number of rotatable bonds is 9. The van der Waals surface area contributed by atoms with Crippen LogP contribution in [0.2, 0.25) is 0 Å². The van der Waals surface area contributed by atoms with Crippen LogP contribution in [0.5, 0.6) is 0 Å². The largest absolute Gasteiger partial charge is 0.383 e. The number of aromatic amines is 1. The fourth-order valence-electron chi connectivity index (χ4n) is 2.70. The molecular weight excluding hydrogens is 370 g/mol. The minimum absolute atomic E-state index is 0.0503. The van der Waals surface area contributed by atoms with Gasteiger partial charge in [0.25, 0.3) is 5.56 Å². The maximum absolute atomic E-state index is 12.6. The zero-order chi connectivity index (χ0) is 19.3. The molecule has 2 rings (SSSR count). The van der Waals surface area contributed by atoms with E-state index in [-0.39, 0.29) is 23.3 Å². The molecule has 2 heterocycles. The van der Waals surface area contributed by atoms with Gasteiger partial charge in [0.2, 0.25) is 5.91 Å². The van der Waals surface area contributed by atoms with E-state index in [9.17, 15) is 9.59 Å². The van der Waals surface area contributed by atoms with Gasteiger partial charge in [-0.2, -0.15) is 0 Å². The van der Waals surface area contributed by atoms with Crippen molar-refractivity contribution in [2.75, 3.05) is 19.5 Å². The normalized spacial score (nSPS) is 13.7. The number of hydrogen-bond acceptors (Lipinski definition) is 6. The minimum atomic E-state index is -0.117. The second-order valence-corrected chi connectivity index (χ2v) is 8.79. The van der Waals surface area contributed by atoms with Crippen molar-refractivity contribution in [3.63, 3.8) is 0 Å². The molecule has 0 unspecified atom stereocenters. The molecule has 0 saturated heterocycles. The zero-order valence-corrected chi connectivity index (χ0v) is 17.6. The summed E-state index contributed by atoms with van der Waals surface area (Å²) in [4.78, 5) is 33.8. The number of fused-ring (bicyclic) bond motifs is 1. The fourth-order valence-corrected chi connectivity index (χ4v) is 4.49. The highest BCUT2D eigenvalue weighted by molar-refractivity contribution is 7.99. The molecular formula is C18H27N3O3S2. The van der Waals surface area contributed by atoms with Crippen molar-refractivity contribution in [2.45, 2.75) is 51.7 Å². The molecule has 2 N–H and O–H groups in total. The number of nitrogens with zero attached hydrogens (tertiary/aromatic N) is 1. The molecule has 0 saturated carbocycles. The van der Waals surface area contributed by atoms with Gasteiger partial charge in [-0.05, 0) is 31.7 Å². The van der Waals surface area contributed by atoms with Crippen LogP contribution in [-0.4, -0.2) is 41.4 Å². The van der Waals surface area contributed by atoms with Crippen LogP contribution in [0.15, 0.2) is 9.95 Å². The number of amides is 1. The Balaban J connectivity index is 2.14. The average molecular weight is 398 g/mol. The first-order chi connectivity index (χ1) is 12.3. The third kappa shape index (κ3) is 5.31. The molecule has 0 aliphatic heterocycles. The number of ether oxygens (including phenoxy) is 1. The lowest BCUT2D eigenvalue weighted by Gasteiger charge is -2.12. The number of aromatic nitrogens is 2. The first-order valence-corrected chi connectivity index (χ1v) is 10.6. The highest BCUT2D eigenvalue weighted by Gasteiger charge is 2.17. The second-order valence-electron chi connectivity index (χ2n) is 6.62. The molecule has 6 nitrogen and oxygen atoms in total. The van der Waals surface area contributed by atoms with Crippen LogP contribution in [-0.2, 0) is 16.0 Å². The summed E-state index contributed by atoms with van der Waals surface area (Å²) in [5, 5.41) is 4.03. The molecule has 8 heteroatoms. The molecule has 0 spiro atoms. The van der Waals surface area contributed by atoms with Crippen LogP contribution in [0.1, 0.15) is 37.6 Å². The van der Waals surface area contributed by atoms with E-state index in [0.29, 0.717) is 23.1 Å². The van der Waals surface area contributed by atoms with Gasteiger partial charge < -0.3 is 15.0 Å². The number of thioether (sulfide) groups is 1. The van der Waals surface area contributed by atoms with E-state index in [4.69, 9.17) is 4.74 Å². The molecule has 0 aromatic carbocycles. The van der Waals surface area contributed by atoms with Gasteiger partial charge >= 0.3 is 0 Å². The number of H-pyrrole nitrogens is 1. The fraction of sp³-hybridized carbons (Fsp3) is 0.611. The van der Waals surface area contributed by atoms with Gasteiger partial charge in [-0.3, -0.25) is 9.59 Å². The monoisotopic (exact) mass is 397 g/mol. The highest BCUT2D eigenvalue weighted by atomic mass is 32.2. The van der Waals surface area contributed by atoms with Crippen molar-refractivity contribution in [1.29, 1.82) is 0 Å². The van der Waals surface area contributed by atoms with E-state index in [1.165, 1.54) is 11.8 Å². The van der Waals surface area contributed by atoms with E-state index >= 15 is 0 Å². The lowest BCUT2D eigenvalue weighted by Crippen LogP contribution is -2.36. The maximum Gasteiger partial charge on any atom is 0.260 e. The van der Waals surface area contributed by atoms with Crippen molar-refractivity contribution in [3.8, 4) is 0 Å². The summed E-state index contributed by atoms with van der Waals surface area (Å²) >= 11 is 2.79. The van der Waals surface area contributed by atoms with Crippen molar-refractivity contribution < 1.29 is 9.53 Å². The van der Waals surface area contributed by atoms with Crippen molar-refractivity contribution >= 4 is 39.2 Å². The van der Waals surface area contributed by atoms with Gasteiger partial charge in [-0.1, -0.05) is 32.0 Å². The Morgan fingerprint density at radius 1 is 1.42 bits per heavy atom. The number of nitrogens with one attached hydrogen (secondary N) is 2. The average Bonchev–Trinajstić information content (AvgIpc) is 2.89. The molecule has 0 aliphatic carbocycles. The first kappa shape index (κ1) is 20.9. The minimum Gasteiger partial charge on any atom is -0.383 e. The molecule has 144 valence electrons. The maximum atomic E-state index is 12.6. The van der Waals surface area contributed by atoms with Crippen LogP contribution in [0, 0.1) is 12.8 Å². The van der Waals surface area contributed by atoms with E-state index in [1.54, 1.807) is 18.4 Å². The number of methoxy groups -OCH3 is 1. The quantitative estimate of drug-likeness (QED) is 0.502. The Morgan fingerprint density at radius 3 is 2.81 bits per heavy atom. The van der Waals surface area contributed by atoms with E-state index in [1.807, 2.05) is 13.8 Å². The van der Waals surface area contributed by atoms with Gasteiger partial charge in [0.15, 0.2) is 5.16 Å². The Labute approximate surface area is 162 Å². The Hall–Kier alpha value is -1.38. The molecule has 2 atom stereocenters. The Morgan fingerprint density at radius 2 is 2.15 bits per heavy atom. The smallest absolute Gasteiger partial charge is 0.260 e. The summed E-state index contributed by atoms with van der Waals surface area (Å²) in [6, 6.07) is -0.0503. The molecule has 1 amide bonds. The number of hydrogen-bond donors (Lipinski definition) is 2. The molecule has 26 heavy (non-hydrogen) atoms. The van der Waals surface area contributed by atoms with E-state index in [2.05, 4.69) is 29.1 Å². The predicted octanol–water partition coefficient (Wildman–Crippen LogP) is 3.12. The number of aryl methyl sites for hydroxylation is 1. The molecule has 0 fully saturated rings. The van der Waals surface area contributed by atoms with Crippen LogP contribution < -0.4 is 10.9 Å². The lowest BCUT2D eigenvalue weighted by atomic mass is 9.98. The standard InChI is InChI=1S/C18H27N3O3S2/c1-6-10(2)7-13-12(4)26-17-15(13)16(23)20-18(21-17)25-9-14(22)19-11(3)8-24-5/h10-11H,6-9H2,1-5H3,(H,19,22)(H,20,21,23)/t10-,11-/m1/s1.